The van der Waals surface area contributed by atoms with E-state index >= 15 is 0 Å². The lowest BCUT2D eigenvalue weighted by molar-refractivity contribution is 0.110. The Kier molecular flexibility index (Phi) is 2.87. The maximum atomic E-state index is 12.9. The van der Waals surface area contributed by atoms with Gasteiger partial charge in [-0.25, -0.2) is 18.2 Å². The van der Waals surface area contributed by atoms with Crippen LogP contribution in [0.2, 0.25) is 5.15 Å². The number of pyridine rings is 1. The zero-order valence-electron chi connectivity index (χ0n) is 6.10. The summed E-state index contributed by atoms with van der Waals surface area (Å²) >= 11 is 5.18. The fourth-order valence-electron chi connectivity index (χ4n) is 0.784. The van der Waals surface area contributed by atoms with Gasteiger partial charge in [0.25, 0.3) is 6.43 Å². The quantitative estimate of drug-likeness (QED) is 0.554. The van der Waals surface area contributed by atoms with Crippen molar-refractivity contribution in [2.45, 2.75) is 6.43 Å². The van der Waals surface area contributed by atoms with Crippen molar-refractivity contribution in [3.63, 3.8) is 0 Å². The highest BCUT2D eigenvalue weighted by Crippen LogP contribution is 2.25. The SMILES string of the molecule is O=Cc1c(C(F)F)cnc(Cl)c1F. The highest BCUT2D eigenvalue weighted by Gasteiger charge is 2.19. The molecule has 0 bridgehead atoms. The van der Waals surface area contributed by atoms with Crippen LogP contribution in [0, 0.1) is 5.82 Å². The molecule has 6 heteroatoms. The molecule has 13 heavy (non-hydrogen) atoms. The summed E-state index contributed by atoms with van der Waals surface area (Å²) in [5.74, 6) is -1.21. The van der Waals surface area contributed by atoms with Crippen LogP contribution in [0.1, 0.15) is 22.3 Å². The summed E-state index contributed by atoms with van der Waals surface area (Å²) in [6.07, 6.45) is -2.27. The number of hydrogen-bond donors (Lipinski definition) is 0. The smallest absolute Gasteiger partial charge is 0.266 e. The molecule has 1 rings (SSSR count). The average molecular weight is 210 g/mol. The maximum Gasteiger partial charge on any atom is 0.266 e. The fourth-order valence-corrected chi connectivity index (χ4v) is 0.935. The lowest BCUT2D eigenvalue weighted by Gasteiger charge is -2.03. The summed E-state index contributed by atoms with van der Waals surface area (Å²) in [4.78, 5) is 13.4. The van der Waals surface area contributed by atoms with Gasteiger partial charge in [0.2, 0.25) is 0 Å². The molecule has 1 aromatic rings. The molecule has 0 aliphatic heterocycles. The third kappa shape index (κ3) is 1.80. The summed E-state index contributed by atoms with van der Waals surface area (Å²) in [5, 5.41) is -0.591. The van der Waals surface area contributed by atoms with Crippen molar-refractivity contribution >= 4 is 17.9 Å². The molecule has 0 atom stereocenters. The van der Waals surface area contributed by atoms with Crippen LogP contribution < -0.4 is 0 Å². The Labute approximate surface area is 76.3 Å². The topological polar surface area (TPSA) is 30.0 Å². The highest BCUT2D eigenvalue weighted by atomic mass is 35.5. The Morgan fingerprint density at radius 1 is 1.54 bits per heavy atom. The number of carbonyl (C=O) groups excluding carboxylic acids is 1. The summed E-state index contributed by atoms with van der Waals surface area (Å²) in [7, 11) is 0. The predicted molar refractivity (Wildman–Crippen MR) is 39.5 cm³/mol. The predicted octanol–water partition coefficient (Wildman–Crippen LogP) is 2.62. The van der Waals surface area contributed by atoms with E-state index in [0.29, 0.717) is 6.20 Å². The van der Waals surface area contributed by atoms with Gasteiger partial charge in [-0.05, 0) is 0 Å². The van der Waals surface area contributed by atoms with Crippen LogP contribution in [0.5, 0.6) is 0 Å². The van der Waals surface area contributed by atoms with E-state index < -0.39 is 28.5 Å². The van der Waals surface area contributed by atoms with Gasteiger partial charge in [-0.2, -0.15) is 0 Å². The van der Waals surface area contributed by atoms with Gasteiger partial charge in [-0.1, -0.05) is 11.6 Å². The Balaban J connectivity index is 3.38. The lowest BCUT2D eigenvalue weighted by atomic mass is 10.1. The number of alkyl halides is 2. The van der Waals surface area contributed by atoms with Crippen LogP contribution in [0.3, 0.4) is 0 Å². The monoisotopic (exact) mass is 209 g/mol. The van der Waals surface area contributed by atoms with Crippen molar-refractivity contribution in [3.8, 4) is 0 Å². The van der Waals surface area contributed by atoms with Crippen molar-refractivity contribution in [3.05, 3.63) is 28.3 Å². The molecule has 0 aromatic carbocycles. The van der Waals surface area contributed by atoms with Crippen LogP contribution in [0.25, 0.3) is 0 Å². The normalized spacial score (nSPS) is 10.5. The minimum Gasteiger partial charge on any atom is -0.298 e. The molecule has 0 saturated heterocycles. The first-order valence-corrected chi connectivity index (χ1v) is 3.53. The number of carbonyl (C=O) groups is 1. The summed E-state index contributed by atoms with van der Waals surface area (Å²) < 4.78 is 37.1. The third-order valence-corrected chi connectivity index (χ3v) is 1.66. The van der Waals surface area contributed by atoms with Crippen molar-refractivity contribution in [2.75, 3.05) is 0 Å². The number of hydrogen-bond acceptors (Lipinski definition) is 2. The van der Waals surface area contributed by atoms with Gasteiger partial charge < -0.3 is 0 Å². The molecule has 0 aliphatic rings. The van der Waals surface area contributed by atoms with Gasteiger partial charge in [0.1, 0.15) is 0 Å². The average Bonchev–Trinajstić information content (AvgIpc) is 2.09. The van der Waals surface area contributed by atoms with E-state index in [1.54, 1.807) is 0 Å². The van der Waals surface area contributed by atoms with Crippen LogP contribution in [-0.4, -0.2) is 11.3 Å². The van der Waals surface area contributed by atoms with Crippen molar-refractivity contribution in [1.29, 1.82) is 0 Å². The summed E-state index contributed by atoms with van der Waals surface area (Å²) in [6.45, 7) is 0. The van der Waals surface area contributed by atoms with E-state index in [2.05, 4.69) is 4.98 Å². The molecule has 0 radical (unpaired) electrons. The molecule has 0 aliphatic carbocycles. The number of aldehydes is 1. The summed E-state index contributed by atoms with van der Waals surface area (Å²) in [6, 6.07) is 0. The lowest BCUT2D eigenvalue weighted by Crippen LogP contribution is -2.00. The minimum absolute atomic E-state index is 0.00954. The first-order chi connectivity index (χ1) is 6.07. The molecule has 0 unspecified atom stereocenters. The second kappa shape index (κ2) is 3.74. The van der Waals surface area contributed by atoms with E-state index in [9.17, 15) is 18.0 Å². The molecule has 0 spiro atoms. The highest BCUT2D eigenvalue weighted by molar-refractivity contribution is 6.29. The zero-order valence-corrected chi connectivity index (χ0v) is 6.86. The second-order valence-corrected chi connectivity index (χ2v) is 2.51. The Morgan fingerprint density at radius 3 is 2.62 bits per heavy atom. The summed E-state index contributed by atoms with van der Waals surface area (Å²) in [5.41, 5.74) is -1.49. The Bertz CT molecular complexity index is 343. The van der Waals surface area contributed by atoms with Crippen molar-refractivity contribution < 1.29 is 18.0 Å². The first kappa shape index (κ1) is 9.98. The van der Waals surface area contributed by atoms with Crippen LogP contribution in [-0.2, 0) is 0 Å². The Morgan fingerprint density at radius 2 is 2.15 bits per heavy atom. The van der Waals surface area contributed by atoms with Crippen LogP contribution in [0.15, 0.2) is 6.20 Å². The largest absolute Gasteiger partial charge is 0.298 e. The fraction of sp³-hybridized carbons (Fsp3) is 0.143. The van der Waals surface area contributed by atoms with E-state index in [1.165, 1.54) is 0 Å². The van der Waals surface area contributed by atoms with Gasteiger partial charge in [0.15, 0.2) is 17.3 Å². The van der Waals surface area contributed by atoms with E-state index in [1.807, 2.05) is 0 Å². The van der Waals surface area contributed by atoms with Crippen LogP contribution in [0.4, 0.5) is 13.2 Å². The molecule has 1 heterocycles. The first-order valence-electron chi connectivity index (χ1n) is 3.15. The van der Waals surface area contributed by atoms with Crippen molar-refractivity contribution in [1.82, 2.24) is 4.98 Å². The maximum absolute atomic E-state index is 12.9. The van der Waals surface area contributed by atoms with E-state index in [0.717, 1.165) is 0 Å². The van der Waals surface area contributed by atoms with Crippen LogP contribution >= 0.6 is 11.6 Å². The van der Waals surface area contributed by atoms with Gasteiger partial charge in [0.05, 0.1) is 5.56 Å². The molecule has 2 nitrogen and oxygen atoms in total. The third-order valence-electron chi connectivity index (χ3n) is 1.40. The zero-order chi connectivity index (χ0) is 10.0. The standard InChI is InChI=1S/C7H3ClF3NO/c8-6-5(9)4(2-13)3(1-12-6)7(10)11/h1-2,7H. The molecule has 70 valence electrons. The number of nitrogens with zero attached hydrogens (tertiary/aromatic N) is 1. The Hall–Kier alpha value is -1.10. The molecule has 0 amide bonds. The molecular formula is C7H3ClF3NO. The number of halogens is 4. The van der Waals surface area contributed by atoms with E-state index in [4.69, 9.17) is 11.6 Å². The molecule has 1 aromatic heterocycles. The van der Waals surface area contributed by atoms with E-state index in [-0.39, 0.29) is 6.29 Å². The molecule has 0 saturated carbocycles. The number of aromatic nitrogens is 1. The van der Waals surface area contributed by atoms with Crippen molar-refractivity contribution in [2.24, 2.45) is 0 Å². The van der Waals surface area contributed by atoms with Gasteiger partial charge in [0, 0.05) is 11.8 Å². The number of rotatable bonds is 2. The second-order valence-electron chi connectivity index (χ2n) is 2.15. The minimum atomic E-state index is -2.94. The molecule has 0 fully saturated rings. The molecule has 0 N–H and O–H groups in total. The van der Waals surface area contributed by atoms with Gasteiger partial charge in [-0.3, -0.25) is 4.79 Å². The van der Waals surface area contributed by atoms with Gasteiger partial charge in [-0.15, -0.1) is 0 Å². The molecular weight excluding hydrogens is 207 g/mol. The van der Waals surface area contributed by atoms with Gasteiger partial charge >= 0.3 is 0 Å².